The predicted octanol–water partition coefficient (Wildman–Crippen LogP) is 7.83. The standard InChI is InChI=1S/2C11H17.2CH3.2ClH.H2Si.Ti/c2*1-4-5-10-6-7-11(8-10)9(2)3;;;;;;/h2*8-9H,4-5,7H2,1-3H3;2*1H3;2*1H;1H2;/q4*-1;;;;. The minimum absolute atomic E-state index is 0. The van der Waals surface area contributed by atoms with E-state index in [-0.39, 0.29) is 39.7 Å². The normalized spacial score (nSPS) is 13.5. The third kappa shape index (κ3) is 16.3. The molecule has 0 unspecified atom stereocenters. The number of hydrogen-bond donors (Lipinski definition) is 0. The third-order valence-electron chi connectivity index (χ3n) is 4.28. The molecule has 0 aromatic carbocycles. The van der Waals surface area contributed by atoms with Gasteiger partial charge in [-0.2, -0.15) is 11.1 Å². The molecule has 0 N–H and O–H groups in total. The fourth-order valence-electron chi connectivity index (χ4n) is 2.68. The van der Waals surface area contributed by atoms with Crippen molar-refractivity contribution in [2.75, 3.05) is 0 Å². The van der Waals surface area contributed by atoms with Crippen molar-refractivity contribution in [3.8, 4) is 0 Å². The first kappa shape index (κ1) is 39.0. The van der Waals surface area contributed by atoms with E-state index >= 15 is 0 Å². The summed E-state index contributed by atoms with van der Waals surface area (Å²) in [4.78, 5) is 0. The Balaban J connectivity index is -0.000000102. The Hall–Kier alpha value is 0.471. The number of allylic oxidation sites excluding steroid dienone is 8. The van der Waals surface area contributed by atoms with Gasteiger partial charge in [0.2, 0.25) is 0 Å². The molecule has 0 fully saturated rings. The average Bonchev–Trinajstić information content (AvgIpc) is 3.20. The fourth-order valence-corrected chi connectivity index (χ4v) is 2.68. The minimum atomic E-state index is 0. The molecule has 0 radical (unpaired) electrons. The van der Waals surface area contributed by atoms with Crippen LogP contribution in [0.15, 0.2) is 34.4 Å². The van der Waals surface area contributed by atoms with E-state index in [1.807, 2.05) is 26.8 Å². The Labute approximate surface area is 204 Å². The Kier molecular flexibility index (Phi) is 33.1. The Morgan fingerprint density at radius 1 is 0.786 bits per heavy atom. The molecule has 28 heavy (non-hydrogen) atoms. The summed E-state index contributed by atoms with van der Waals surface area (Å²) < 4.78 is 0. The first-order valence-electron chi connectivity index (χ1n) is 9.43. The predicted molar refractivity (Wildman–Crippen MR) is 134 cm³/mol. The van der Waals surface area contributed by atoms with E-state index in [1.165, 1.54) is 36.8 Å². The van der Waals surface area contributed by atoms with Crippen LogP contribution in [0.2, 0.25) is 0 Å². The van der Waals surface area contributed by atoms with Gasteiger partial charge in [0.05, 0.1) is 0 Å². The van der Waals surface area contributed by atoms with E-state index in [9.17, 15) is 0 Å². The van der Waals surface area contributed by atoms with Gasteiger partial charge in [0.15, 0.2) is 0 Å². The van der Waals surface area contributed by atoms with Crippen LogP contribution in [0, 0.1) is 38.8 Å². The molecule has 0 saturated carbocycles. The van der Waals surface area contributed by atoms with Gasteiger partial charge in [-0.25, -0.2) is 23.3 Å². The quantitative estimate of drug-likeness (QED) is 0.269. The van der Waals surface area contributed by atoms with Gasteiger partial charge in [0.25, 0.3) is 0 Å². The average molecular weight is 479 g/mol. The van der Waals surface area contributed by atoms with Crippen LogP contribution < -0.4 is 0 Å². The molecule has 0 aliphatic heterocycles. The fraction of sp³-hybridized carbons (Fsp3) is 0.583. The van der Waals surface area contributed by atoms with Crippen LogP contribution in [0.1, 0.15) is 80.1 Å². The van der Waals surface area contributed by atoms with Gasteiger partial charge in [-0.05, 0) is 11.8 Å². The second-order valence-electron chi connectivity index (χ2n) is 7.01. The van der Waals surface area contributed by atoms with Crippen LogP contribution in [0.3, 0.4) is 0 Å². The summed E-state index contributed by atoms with van der Waals surface area (Å²) >= 11 is 2.03. The Morgan fingerprint density at radius 2 is 1.07 bits per heavy atom. The topological polar surface area (TPSA) is 0 Å². The monoisotopic (exact) mass is 478 g/mol. The van der Waals surface area contributed by atoms with Crippen LogP contribution in [0.25, 0.3) is 0 Å². The third-order valence-corrected chi connectivity index (χ3v) is 4.28. The van der Waals surface area contributed by atoms with Crippen molar-refractivity contribution in [1.82, 2.24) is 0 Å². The molecule has 0 saturated heterocycles. The van der Waals surface area contributed by atoms with Crippen molar-refractivity contribution < 1.29 is 19.2 Å². The SMILES string of the molecule is CCCC1=[C-]CC(C(C)C)=C1.CCCC1=[C-]CC(C(C)C)=C1.Cl.Cl.[CH3-].[CH3-].[SiH2]=[Ti]. The van der Waals surface area contributed by atoms with Gasteiger partial charge in [-0.3, -0.25) is 12.2 Å². The second kappa shape index (κ2) is 23.7. The summed E-state index contributed by atoms with van der Waals surface area (Å²) in [5.41, 5.74) is 5.95. The molecule has 0 bridgehead atoms. The molecule has 0 nitrogen and oxygen atoms in total. The van der Waals surface area contributed by atoms with Gasteiger partial charge >= 0.3 is 26.8 Å². The van der Waals surface area contributed by atoms with Crippen molar-refractivity contribution in [3.05, 3.63) is 61.4 Å². The van der Waals surface area contributed by atoms with Gasteiger partial charge in [0, 0.05) is 0 Å². The second-order valence-corrected chi connectivity index (χ2v) is 7.01. The van der Waals surface area contributed by atoms with Gasteiger partial charge < -0.3 is 14.9 Å². The van der Waals surface area contributed by atoms with Gasteiger partial charge in [0.1, 0.15) is 0 Å². The van der Waals surface area contributed by atoms with Crippen molar-refractivity contribution in [1.29, 1.82) is 0 Å². The molecule has 0 amide bonds. The molecule has 2 rings (SSSR count). The molecular formula is C24H44Cl2SiTi-4. The zero-order valence-corrected chi connectivity index (χ0v) is 24.2. The summed E-state index contributed by atoms with van der Waals surface area (Å²) in [6.45, 7) is 13.4. The van der Waals surface area contributed by atoms with Crippen LogP contribution in [-0.2, 0) is 19.2 Å². The first-order valence-corrected chi connectivity index (χ1v) is 13.5. The maximum atomic E-state index is 3.41. The first-order chi connectivity index (χ1) is 11.5. The van der Waals surface area contributed by atoms with Crippen molar-refractivity contribution >= 4 is 32.4 Å². The molecule has 0 spiro atoms. The maximum absolute atomic E-state index is 3.41. The molecule has 0 heterocycles. The van der Waals surface area contributed by atoms with Crippen LogP contribution in [0.4, 0.5) is 0 Å². The van der Waals surface area contributed by atoms with Crippen molar-refractivity contribution in [3.63, 3.8) is 0 Å². The molecule has 166 valence electrons. The molecule has 0 aromatic heterocycles. The van der Waals surface area contributed by atoms with Crippen LogP contribution in [0.5, 0.6) is 0 Å². The number of rotatable bonds is 6. The van der Waals surface area contributed by atoms with Crippen LogP contribution >= 0.6 is 24.8 Å². The summed E-state index contributed by atoms with van der Waals surface area (Å²) in [5, 5.41) is 0. The van der Waals surface area contributed by atoms with E-state index in [1.54, 1.807) is 11.1 Å². The van der Waals surface area contributed by atoms with Crippen LogP contribution in [-0.4, -0.2) is 7.63 Å². The number of halogens is 2. The Morgan fingerprint density at radius 3 is 1.25 bits per heavy atom. The molecule has 4 heteroatoms. The van der Waals surface area contributed by atoms with Gasteiger partial charge in [-0.1, -0.05) is 67.2 Å². The zero-order valence-electron chi connectivity index (χ0n) is 19.6. The van der Waals surface area contributed by atoms with Crippen molar-refractivity contribution in [2.24, 2.45) is 11.8 Å². The van der Waals surface area contributed by atoms with E-state index < -0.39 is 0 Å². The molecule has 2 aliphatic carbocycles. The summed E-state index contributed by atoms with van der Waals surface area (Å²) in [6, 6.07) is 0. The van der Waals surface area contributed by atoms with E-state index in [0.717, 1.165) is 12.8 Å². The van der Waals surface area contributed by atoms with Gasteiger partial charge in [-0.15, -0.1) is 37.7 Å². The van der Waals surface area contributed by atoms with Crippen molar-refractivity contribution in [2.45, 2.75) is 80.1 Å². The summed E-state index contributed by atoms with van der Waals surface area (Å²) in [7, 11) is 1.86. The Bertz CT molecular complexity index is 445. The molecular weight excluding hydrogens is 435 g/mol. The summed E-state index contributed by atoms with van der Waals surface area (Å²) in [6.07, 6.45) is 18.5. The van der Waals surface area contributed by atoms with E-state index in [0.29, 0.717) is 11.8 Å². The molecule has 2 aliphatic rings. The molecule has 0 atom stereocenters. The zero-order chi connectivity index (χ0) is 18.5. The summed E-state index contributed by atoms with van der Waals surface area (Å²) in [5.74, 6) is 1.41. The van der Waals surface area contributed by atoms with E-state index in [4.69, 9.17) is 0 Å². The number of hydrogen-bond acceptors (Lipinski definition) is 0. The van der Waals surface area contributed by atoms with E-state index in [2.05, 4.69) is 65.8 Å². The molecule has 0 aromatic rings.